The van der Waals surface area contributed by atoms with E-state index in [1.807, 2.05) is 35.6 Å². The third-order valence-electron chi connectivity index (χ3n) is 2.90. The summed E-state index contributed by atoms with van der Waals surface area (Å²) in [6, 6.07) is 2.13. The lowest BCUT2D eigenvalue weighted by molar-refractivity contribution is 0.223. The third-order valence-corrected chi connectivity index (χ3v) is 4.14. The van der Waals surface area contributed by atoms with Gasteiger partial charge in [0, 0.05) is 17.8 Å². The van der Waals surface area contributed by atoms with Crippen molar-refractivity contribution in [1.29, 1.82) is 0 Å². The van der Waals surface area contributed by atoms with Gasteiger partial charge in [-0.1, -0.05) is 0 Å². The number of nitrogens with one attached hydrogen (secondary N) is 1. The second kappa shape index (κ2) is 5.22. The van der Waals surface area contributed by atoms with Gasteiger partial charge in [-0.2, -0.15) is 0 Å². The van der Waals surface area contributed by atoms with Crippen molar-refractivity contribution in [2.45, 2.75) is 42.3 Å². The number of hydrogen-bond acceptors (Lipinski definition) is 3. The Morgan fingerprint density at radius 3 is 2.71 bits per heavy atom. The first-order valence-electron chi connectivity index (χ1n) is 5.60. The van der Waals surface area contributed by atoms with Gasteiger partial charge in [0.05, 0.1) is 0 Å². The fourth-order valence-electron chi connectivity index (χ4n) is 2.00. The average Bonchev–Trinajstić information content (AvgIpc) is 2.20. The summed E-state index contributed by atoms with van der Waals surface area (Å²) in [6.07, 6.45) is 2.81. The van der Waals surface area contributed by atoms with Gasteiger partial charge in [0.25, 0.3) is 0 Å². The van der Waals surface area contributed by atoms with E-state index in [0.717, 1.165) is 24.4 Å². The molecule has 0 spiro atoms. The van der Waals surface area contributed by atoms with Crippen LogP contribution in [-0.2, 0) is 0 Å². The molecule has 1 saturated carbocycles. The van der Waals surface area contributed by atoms with Gasteiger partial charge in [-0.15, -0.1) is 0 Å². The minimum absolute atomic E-state index is 0.247. The van der Waals surface area contributed by atoms with E-state index in [4.69, 9.17) is 11.6 Å². The zero-order valence-corrected chi connectivity index (χ0v) is 12.4. The van der Waals surface area contributed by atoms with Crippen LogP contribution in [0.4, 0.5) is 10.2 Å². The highest BCUT2D eigenvalue weighted by molar-refractivity contribution is 14.1. The Kier molecular flexibility index (Phi) is 4.07. The predicted molar refractivity (Wildman–Crippen MR) is 75.5 cm³/mol. The molecule has 94 valence electrons. The smallest absolute Gasteiger partial charge is 0.224 e. The van der Waals surface area contributed by atoms with Crippen molar-refractivity contribution in [2.24, 2.45) is 0 Å². The minimum Gasteiger partial charge on any atom is -0.367 e. The van der Waals surface area contributed by atoms with Crippen LogP contribution in [0, 0.1) is 6.92 Å². The molecule has 0 saturated heterocycles. The van der Waals surface area contributed by atoms with Crippen LogP contribution < -0.4 is 5.32 Å². The van der Waals surface area contributed by atoms with Crippen LogP contribution in [0.5, 0.6) is 0 Å². The SMILES string of the molecule is Cc1cc(NC2CCC(F)(I)CC2)nc(Cl)n1. The second-order valence-electron chi connectivity index (χ2n) is 4.44. The monoisotopic (exact) mass is 369 g/mol. The fourth-order valence-corrected chi connectivity index (χ4v) is 2.85. The van der Waals surface area contributed by atoms with Crippen LogP contribution in [0.2, 0.25) is 5.28 Å². The molecule has 0 bridgehead atoms. The molecule has 0 aliphatic heterocycles. The van der Waals surface area contributed by atoms with Crippen molar-refractivity contribution in [3.05, 3.63) is 17.0 Å². The Balaban J connectivity index is 1.97. The maximum Gasteiger partial charge on any atom is 0.224 e. The van der Waals surface area contributed by atoms with E-state index >= 15 is 0 Å². The zero-order valence-electron chi connectivity index (χ0n) is 9.51. The van der Waals surface area contributed by atoms with Crippen molar-refractivity contribution in [1.82, 2.24) is 9.97 Å². The first-order valence-corrected chi connectivity index (χ1v) is 7.06. The molecule has 1 aromatic heterocycles. The lowest BCUT2D eigenvalue weighted by atomic mass is 9.94. The standard InChI is InChI=1S/C11H14ClFIN3/c1-7-6-9(17-10(12)15-7)16-8-2-4-11(13,14)5-3-8/h6,8H,2-5H2,1H3,(H,15,16,17). The van der Waals surface area contributed by atoms with Crippen LogP contribution in [-0.4, -0.2) is 19.7 Å². The number of halogens is 3. The topological polar surface area (TPSA) is 37.8 Å². The van der Waals surface area contributed by atoms with Gasteiger partial charge in [-0.3, -0.25) is 0 Å². The van der Waals surface area contributed by atoms with E-state index in [2.05, 4.69) is 15.3 Å². The van der Waals surface area contributed by atoms with Gasteiger partial charge in [-0.05, 0) is 66.8 Å². The molecule has 0 atom stereocenters. The minimum atomic E-state index is -1.03. The maximum atomic E-state index is 13.6. The lowest BCUT2D eigenvalue weighted by Crippen LogP contribution is -2.31. The molecule has 0 aromatic carbocycles. The van der Waals surface area contributed by atoms with Gasteiger partial charge in [0.15, 0.2) is 3.68 Å². The van der Waals surface area contributed by atoms with E-state index in [9.17, 15) is 4.39 Å². The molecule has 1 N–H and O–H groups in total. The summed E-state index contributed by atoms with van der Waals surface area (Å²) in [6.45, 7) is 1.87. The van der Waals surface area contributed by atoms with Crippen molar-refractivity contribution in [3.8, 4) is 0 Å². The molecule has 1 aliphatic rings. The number of nitrogens with zero attached hydrogens (tertiary/aromatic N) is 2. The fraction of sp³-hybridized carbons (Fsp3) is 0.636. The van der Waals surface area contributed by atoms with E-state index in [-0.39, 0.29) is 11.3 Å². The van der Waals surface area contributed by atoms with Crippen molar-refractivity contribution >= 4 is 40.0 Å². The molecular weight excluding hydrogens is 355 g/mol. The molecule has 1 aromatic rings. The summed E-state index contributed by atoms with van der Waals surface area (Å²) in [5, 5.41) is 3.54. The first-order chi connectivity index (χ1) is 7.94. The molecule has 0 amide bonds. The summed E-state index contributed by atoms with van der Waals surface area (Å²) < 4.78 is 12.6. The maximum absolute atomic E-state index is 13.6. The van der Waals surface area contributed by atoms with Crippen LogP contribution in [0.25, 0.3) is 0 Å². The molecule has 1 aliphatic carbocycles. The molecule has 17 heavy (non-hydrogen) atoms. The average molecular weight is 370 g/mol. The van der Waals surface area contributed by atoms with Crippen molar-refractivity contribution in [2.75, 3.05) is 5.32 Å². The summed E-state index contributed by atoms with van der Waals surface area (Å²) in [5.41, 5.74) is 0.831. The van der Waals surface area contributed by atoms with E-state index in [1.54, 1.807) is 0 Å². The number of alkyl halides is 2. The van der Waals surface area contributed by atoms with E-state index < -0.39 is 3.68 Å². The molecule has 2 rings (SSSR count). The molecule has 3 nitrogen and oxygen atoms in total. The summed E-state index contributed by atoms with van der Waals surface area (Å²) in [4.78, 5) is 8.12. The Morgan fingerprint density at radius 1 is 1.47 bits per heavy atom. The Bertz CT molecular complexity index is 383. The van der Waals surface area contributed by atoms with Gasteiger partial charge in [0.1, 0.15) is 5.82 Å². The number of aromatic nitrogens is 2. The van der Waals surface area contributed by atoms with Gasteiger partial charge in [-0.25, -0.2) is 14.4 Å². The van der Waals surface area contributed by atoms with Crippen molar-refractivity contribution in [3.63, 3.8) is 0 Å². The number of rotatable bonds is 2. The summed E-state index contributed by atoms with van der Waals surface area (Å²) >= 11 is 7.69. The van der Waals surface area contributed by atoms with E-state index in [1.165, 1.54) is 0 Å². The van der Waals surface area contributed by atoms with Crippen LogP contribution in [0.3, 0.4) is 0 Å². The molecule has 0 radical (unpaired) electrons. The van der Waals surface area contributed by atoms with Crippen molar-refractivity contribution < 1.29 is 4.39 Å². The Hall–Kier alpha value is -0.170. The second-order valence-corrected chi connectivity index (χ2v) is 6.71. The number of hydrogen-bond donors (Lipinski definition) is 1. The molecule has 6 heteroatoms. The number of aryl methyl sites for hydroxylation is 1. The molecule has 0 unspecified atom stereocenters. The normalized spacial score (nSPS) is 29.1. The Morgan fingerprint density at radius 2 is 2.12 bits per heavy atom. The quantitative estimate of drug-likeness (QED) is 0.488. The molecule has 1 fully saturated rings. The molecule has 1 heterocycles. The van der Waals surface area contributed by atoms with Crippen LogP contribution in [0.15, 0.2) is 6.07 Å². The summed E-state index contributed by atoms with van der Waals surface area (Å²) in [7, 11) is 0. The number of anilines is 1. The van der Waals surface area contributed by atoms with Gasteiger partial charge < -0.3 is 5.32 Å². The highest BCUT2D eigenvalue weighted by Crippen LogP contribution is 2.38. The first kappa shape index (κ1) is 13.3. The van der Waals surface area contributed by atoms with Crippen LogP contribution >= 0.6 is 34.2 Å². The Labute approximate surface area is 119 Å². The lowest BCUT2D eigenvalue weighted by Gasteiger charge is -2.30. The van der Waals surface area contributed by atoms with E-state index in [0.29, 0.717) is 12.8 Å². The third kappa shape index (κ3) is 3.91. The van der Waals surface area contributed by atoms with Gasteiger partial charge in [0.2, 0.25) is 5.28 Å². The largest absolute Gasteiger partial charge is 0.367 e. The highest BCUT2D eigenvalue weighted by atomic mass is 127. The molecular formula is C11H14ClFIN3. The highest BCUT2D eigenvalue weighted by Gasteiger charge is 2.32. The predicted octanol–water partition coefficient (Wildman–Crippen LogP) is 3.89. The van der Waals surface area contributed by atoms with Gasteiger partial charge >= 0.3 is 0 Å². The summed E-state index contributed by atoms with van der Waals surface area (Å²) in [5.74, 6) is 0.729. The zero-order chi connectivity index (χ0) is 12.5. The van der Waals surface area contributed by atoms with Crippen LogP contribution in [0.1, 0.15) is 31.4 Å².